The van der Waals surface area contributed by atoms with Crippen LogP contribution in [-0.2, 0) is 20.4 Å². The van der Waals surface area contributed by atoms with Crippen molar-refractivity contribution in [1.82, 2.24) is 0 Å². The molecule has 0 aromatic heterocycles. The Labute approximate surface area is 89.0 Å². The maximum Gasteiger partial charge on any atom is 0 e. The van der Waals surface area contributed by atoms with Crippen molar-refractivity contribution in [2.24, 2.45) is 0 Å². The van der Waals surface area contributed by atoms with E-state index in [1.54, 1.807) is 0 Å². The molecular formula is C11H15Re-. The quantitative estimate of drug-likeness (QED) is 0.728. The second-order valence-electron chi connectivity index (χ2n) is 3.11. The number of hydrogen-bond acceptors (Lipinski definition) is 0. The van der Waals surface area contributed by atoms with Gasteiger partial charge in [0.2, 0.25) is 0 Å². The van der Waals surface area contributed by atoms with Gasteiger partial charge in [-0.3, -0.25) is 0 Å². The van der Waals surface area contributed by atoms with Gasteiger partial charge in [-0.05, 0) is 5.92 Å². The zero-order chi connectivity index (χ0) is 8.27. The molecule has 12 heavy (non-hydrogen) atoms. The summed E-state index contributed by atoms with van der Waals surface area (Å²) in [6.07, 6.45) is 2.13. The third-order valence-corrected chi connectivity index (χ3v) is 1.91. The first-order chi connectivity index (χ1) is 5.24. The summed E-state index contributed by atoms with van der Waals surface area (Å²) in [5, 5.41) is 0. The van der Waals surface area contributed by atoms with E-state index < -0.39 is 0 Å². The molecule has 0 nitrogen and oxygen atoms in total. The molecule has 0 aliphatic heterocycles. The first-order valence-corrected chi connectivity index (χ1v) is 4.13. The maximum absolute atomic E-state index is 2.24. The Morgan fingerprint density at radius 2 is 1.92 bits per heavy atom. The van der Waals surface area contributed by atoms with Crippen LogP contribution in [0.5, 0.6) is 0 Å². The third-order valence-electron chi connectivity index (χ3n) is 1.91. The predicted octanol–water partition coefficient (Wildman–Crippen LogP) is 3.38. The molecule has 1 aromatic carbocycles. The number of rotatable bonds is 2. The summed E-state index contributed by atoms with van der Waals surface area (Å²) >= 11 is 0. The van der Waals surface area contributed by atoms with E-state index in [1.165, 1.54) is 11.1 Å². The molecule has 0 atom stereocenters. The maximum atomic E-state index is 2.24. The van der Waals surface area contributed by atoms with Crippen LogP contribution < -0.4 is 0 Å². The van der Waals surface area contributed by atoms with Crippen LogP contribution in [0.4, 0.5) is 0 Å². The summed E-state index contributed by atoms with van der Waals surface area (Å²) in [5.74, 6) is 0.634. The topological polar surface area (TPSA) is 0 Å². The van der Waals surface area contributed by atoms with Crippen LogP contribution in [-0.4, -0.2) is 0 Å². The summed E-state index contributed by atoms with van der Waals surface area (Å²) in [4.78, 5) is 0. The Morgan fingerprint density at radius 3 is 2.42 bits per heavy atom. The summed E-state index contributed by atoms with van der Waals surface area (Å²) < 4.78 is 0. The Morgan fingerprint density at radius 1 is 1.25 bits per heavy atom. The molecular weight excluding hydrogens is 318 g/mol. The van der Waals surface area contributed by atoms with Gasteiger partial charge in [-0.2, -0.15) is 24.1 Å². The molecule has 1 rings (SSSR count). The molecule has 67 valence electrons. The molecule has 0 fully saturated rings. The largest absolute Gasteiger partial charge is 0.192 e. The monoisotopic (exact) mass is 334 g/mol. The second kappa shape index (κ2) is 5.41. The molecule has 1 radical (unpaired) electrons. The molecule has 0 heterocycles. The van der Waals surface area contributed by atoms with Gasteiger partial charge in [0.05, 0.1) is 0 Å². The summed E-state index contributed by atoms with van der Waals surface area (Å²) in [7, 11) is 0. The predicted molar refractivity (Wildman–Crippen MR) is 49.6 cm³/mol. The van der Waals surface area contributed by atoms with Crippen LogP contribution in [0.25, 0.3) is 0 Å². The van der Waals surface area contributed by atoms with Crippen molar-refractivity contribution in [2.45, 2.75) is 26.7 Å². The van der Waals surface area contributed by atoms with Crippen molar-refractivity contribution in [3.8, 4) is 0 Å². The molecule has 0 bridgehead atoms. The molecule has 0 aliphatic rings. The molecule has 0 saturated carbocycles. The summed E-state index contributed by atoms with van der Waals surface area (Å²) in [6, 6.07) is 8.67. The minimum absolute atomic E-state index is 0. The van der Waals surface area contributed by atoms with Crippen molar-refractivity contribution < 1.29 is 20.4 Å². The zero-order valence-corrected chi connectivity index (χ0v) is 10.6. The normalized spacial score (nSPS) is 9.33. The fourth-order valence-electron chi connectivity index (χ4n) is 1.10. The van der Waals surface area contributed by atoms with Gasteiger partial charge in [0.15, 0.2) is 0 Å². The Hall–Kier alpha value is -0.248. The number of benzene rings is 1. The Balaban J connectivity index is 0.00000121. The summed E-state index contributed by atoms with van der Waals surface area (Å²) in [5.41, 5.74) is 2.73. The van der Waals surface area contributed by atoms with Crippen LogP contribution >= 0.6 is 0 Å². The Bertz CT molecular complexity index is 228. The number of hydrogen-bond donors (Lipinski definition) is 0. The van der Waals surface area contributed by atoms with E-state index in [0.29, 0.717) is 5.92 Å². The standard InChI is InChI=1S/C11H15.Re/c1-4-10-6-5-7-11(8-10)9(2)3;/h4-9H,1-3H3;/q-1;. The smallest absolute Gasteiger partial charge is 0 e. The van der Waals surface area contributed by atoms with E-state index in [4.69, 9.17) is 0 Å². The molecule has 0 saturated heterocycles. The van der Waals surface area contributed by atoms with Crippen molar-refractivity contribution in [1.29, 1.82) is 0 Å². The molecule has 0 unspecified atom stereocenters. The van der Waals surface area contributed by atoms with Crippen LogP contribution in [0, 0.1) is 6.42 Å². The second-order valence-corrected chi connectivity index (χ2v) is 3.11. The molecule has 1 aromatic rings. The Kier molecular flexibility index (Phi) is 5.30. The summed E-state index contributed by atoms with van der Waals surface area (Å²) in [6.45, 7) is 6.50. The molecule has 0 spiro atoms. The first kappa shape index (κ1) is 11.8. The first-order valence-electron chi connectivity index (χ1n) is 4.13. The fraction of sp³-hybridized carbons (Fsp3) is 0.364. The van der Waals surface area contributed by atoms with Crippen LogP contribution in [0.15, 0.2) is 24.3 Å². The average molecular weight is 333 g/mol. The van der Waals surface area contributed by atoms with E-state index in [2.05, 4.69) is 51.5 Å². The third kappa shape index (κ3) is 3.01. The van der Waals surface area contributed by atoms with E-state index in [1.807, 2.05) is 0 Å². The van der Waals surface area contributed by atoms with Crippen LogP contribution in [0.3, 0.4) is 0 Å². The van der Waals surface area contributed by atoms with Gasteiger partial charge >= 0.3 is 0 Å². The SMILES string of the molecule is C[CH-]c1cccc(C(C)C)c1.[Re]. The molecule has 0 amide bonds. The minimum atomic E-state index is 0. The van der Waals surface area contributed by atoms with Crippen molar-refractivity contribution in [2.75, 3.05) is 0 Å². The molecule has 0 N–H and O–H groups in total. The van der Waals surface area contributed by atoms with Gasteiger partial charge in [0.1, 0.15) is 0 Å². The minimum Gasteiger partial charge on any atom is -0.192 e. The van der Waals surface area contributed by atoms with Crippen molar-refractivity contribution in [3.63, 3.8) is 0 Å². The molecule has 1 heteroatoms. The fourth-order valence-corrected chi connectivity index (χ4v) is 1.10. The van der Waals surface area contributed by atoms with Gasteiger partial charge in [-0.1, -0.05) is 26.8 Å². The van der Waals surface area contributed by atoms with Gasteiger partial charge in [-0.15, -0.1) is 11.6 Å². The molecule has 0 aliphatic carbocycles. The van der Waals surface area contributed by atoms with E-state index in [9.17, 15) is 0 Å². The van der Waals surface area contributed by atoms with E-state index in [-0.39, 0.29) is 20.4 Å². The van der Waals surface area contributed by atoms with Gasteiger partial charge in [-0.25, -0.2) is 0 Å². The van der Waals surface area contributed by atoms with Crippen molar-refractivity contribution >= 4 is 0 Å². The van der Waals surface area contributed by atoms with Crippen LogP contribution in [0.1, 0.15) is 37.8 Å². The van der Waals surface area contributed by atoms with Gasteiger partial charge in [0, 0.05) is 20.4 Å². The van der Waals surface area contributed by atoms with E-state index >= 15 is 0 Å². The zero-order valence-electron chi connectivity index (χ0n) is 7.84. The van der Waals surface area contributed by atoms with Crippen molar-refractivity contribution in [3.05, 3.63) is 41.8 Å². The van der Waals surface area contributed by atoms with Crippen LogP contribution in [0.2, 0.25) is 0 Å². The average Bonchev–Trinajstić information content (AvgIpc) is 2.05. The van der Waals surface area contributed by atoms with Gasteiger partial charge in [0.25, 0.3) is 0 Å². The van der Waals surface area contributed by atoms with Gasteiger partial charge < -0.3 is 0 Å². The van der Waals surface area contributed by atoms with E-state index in [0.717, 1.165) is 0 Å².